The van der Waals surface area contributed by atoms with Crippen molar-refractivity contribution in [1.29, 1.82) is 0 Å². The number of anilines is 1. The molecule has 3 heterocycles. The lowest BCUT2D eigenvalue weighted by atomic mass is 10.1. The summed E-state index contributed by atoms with van der Waals surface area (Å²) in [6.45, 7) is -0.197. The van der Waals surface area contributed by atoms with Crippen LogP contribution in [0.5, 0.6) is 0 Å². The number of hydrogen-bond acceptors (Lipinski definition) is 7. The fourth-order valence-corrected chi connectivity index (χ4v) is 3.23. The molecule has 1 aromatic carbocycles. The van der Waals surface area contributed by atoms with Crippen LogP contribution in [0.1, 0.15) is 11.8 Å². The zero-order valence-electron chi connectivity index (χ0n) is 14.3. The minimum Gasteiger partial charge on any atom is -0.394 e. The van der Waals surface area contributed by atoms with Gasteiger partial charge in [-0.2, -0.15) is 9.97 Å². The van der Waals surface area contributed by atoms with Crippen LogP contribution in [0.2, 0.25) is 5.28 Å². The van der Waals surface area contributed by atoms with Gasteiger partial charge >= 0.3 is 0 Å². The SMILES string of the molecule is OC[C@H]1O[C@@H](n2cnc3c(NCc4ccc(F)cc4)nc(Cl)nc32)[C@@H](F)[C@@H]1O. The summed E-state index contributed by atoms with van der Waals surface area (Å²) < 4.78 is 34.2. The molecule has 1 aliphatic heterocycles. The molecule has 0 aliphatic carbocycles. The number of benzene rings is 1. The molecule has 3 N–H and O–H groups in total. The van der Waals surface area contributed by atoms with Gasteiger partial charge in [0.1, 0.15) is 18.0 Å². The average Bonchev–Trinajstić information content (AvgIpc) is 3.22. The van der Waals surface area contributed by atoms with E-state index in [4.69, 9.17) is 16.3 Å². The molecule has 3 aromatic rings. The maximum Gasteiger partial charge on any atom is 0.226 e. The summed E-state index contributed by atoms with van der Waals surface area (Å²) in [4.78, 5) is 12.4. The number of alkyl halides is 1. The van der Waals surface area contributed by atoms with Crippen LogP contribution in [0.4, 0.5) is 14.6 Å². The molecule has 28 heavy (non-hydrogen) atoms. The molecule has 11 heteroatoms. The molecule has 0 unspecified atom stereocenters. The van der Waals surface area contributed by atoms with Gasteiger partial charge in [0.25, 0.3) is 0 Å². The van der Waals surface area contributed by atoms with Crippen molar-refractivity contribution >= 4 is 28.6 Å². The van der Waals surface area contributed by atoms with Crippen LogP contribution >= 0.6 is 11.6 Å². The van der Waals surface area contributed by atoms with E-state index in [1.165, 1.54) is 23.0 Å². The average molecular weight is 412 g/mol. The minimum absolute atomic E-state index is 0.0940. The molecule has 0 amide bonds. The van der Waals surface area contributed by atoms with E-state index in [9.17, 15) is 19.0 Å². The van der Waals surface area contributed by atoms with Gasteiger partial charge in [-0.25, -0.2) is 13.8 Å². The fourth-order valence-electron chi connectivity index (χ4n) is 3.07. The number of fused-ring (bicyclic) bond motifs is 1. The van der Waals surface area contributed by atoms with E-state index in [0.29, 0.717) is 17.9 Å². The van der Waals surface area contributed by atoms with Gasteiger partial charge in [-0.3, -0.25) is 4.57 Å². The Bertz CT molecular complexity index is 987. The first-order valence-electron chi connectivity index (χ1n) is 8.44. The Kier molecular flexibility index (Phi) is 5.11. The minimum atomic E-state index is -1.78. The fraction of sp³-hybridized carbons (Fsp3) is 0.353. The molecule has 148 valence electrons. The van der Waals surface area contributed by atoms with E-state index in [1.54, 1.807) is 12.1 Å². The monoisotopic (exact) mass is 411 g/mol. The molecule has 4 rings (SSSR count). The summed E-state index contributed by atoms with van der Waals surface area (Å²) in [6.07, 6.45) is -4.21. The molecule has 4 atom stereocenters. The van der Waals surface area contributed by atoms with Crippen molar-refractivity contribution in [3.8, 4) is 0 Å². The van der Waals surface area contributed by atoms with E-state index in [-0.39, 0.29) is 16.7 Å². The van der Waals surface area contributed by atoms with Crippen molar-refractivity contribution in [2.75, 3.05) is 11.9 Å². The Labute approximate surface area is 162 Å². The second-order valence-corrected chi connectivity index (χ2v) is 6.67. The van der Waals surface area contributed by atoms with Gasteiger partial charge in [-0.1, -0.05) is 12.1 Å². The molecule has 0 radical (unpaired) electrons. The Morgan fingerprint density at radius 3 is 2.68 bits per heavy atom. The molecule has 1 aliphatic rings. The molecule has 0 bridgehead atoms. The quantitative estimate of drug-likeness (QED) is 0.550. The number of nitrogens with one attached hydrogen (secondary N) is 1. The first kappa shape index (κ1) is 18.9. The number of ether oxygens (including phenoxy) is 1. The van der Waals surface area contributed by atoms with E-state index in [0.717, 1.165) is 5.56 Å². The maximum atomic E-state index is 14.5. The van der Waals surface area contributed by atoms with Crippen molar-refractivity contribution in [1.82, 2.24) is 19.5 Å². The van der Waals surface area contributed by atoms with Crippen LogP contribution < -0.4 is 5.32 Å². The Morgan fingerprint density at radius 1 is 1.25 bits per heavy atom. The number of aromatic nitrogens is 4. The number of rotatable bonds is 5. The third-order valence-corrected chi connectivity index (χ3v) is 4.68. The standard InChI is InChI=1S/C17H16ClF2N5O3/c18-17-23-14(21-5-8-1-3-9(19)4-2-8)12-15(24-17)25(7-22-12)16-11(20)13(27)10(6-26)28-16/h1-4,7,10-11,13,16,26-27H,5-6H2,(H,21,23,24)/t10-,11+,13-,16-/m1/s1. The van der Waals surface area contributed by atoms with Gasteiger partial charge in [0.2, 0.25) is 5.28 Å². The van der Waals surface area contributed by atoms with Crippen molar-refractivity contribution in [3.05, 3.63) is 47.3 Å². The van der Waals surface area contributed by atoms with Gasteiger partial charge in [0.05, 0.1) is 12.9 Å². The lowest BCUT2D eigenvalue weighted by Crippen LogP contribution is -2.30. The number of imidazole rings is 1. The summed E-state index contributed by atoms with van der Waals surface area (Å²) >= 11 is 6.01. The molecule has 1 fully saturated rings. The lowest BCUT2D eigenvalue weighted by molar-refractivity contribution is -0.0459. The van der Waals surface area contributed by atoms with Crippen LogP contribution in [-0.4, -0.2) is 54.7 Å². The topological polar surface area (TPSA) is 105 Å². The van der Waals surface area contributed by atoms with E-state index >= 15 is 0 Å². The first-order chi connectivity index (χ1) is 13.5. The highest BCUT2D eigenvalue weighted by Crippen LogP contribution is 2.34. The molecule has 0 spiro atoms. The highest BCUT2D eigenvalue weighted by atomic mass is 35.5. The lowest BCUT2D eigenvalue weighted by Gasteiger charge is -2.15. The Hall–Kier alpha value is -2.40. The van der Waals surface area contributed by atoms with Crippen LogP contribution in [0.3, 0.4) is 0 Å². The number of aliphatic hydroxyl groups excluding tert-OH is 2. The largest absolute Gasteiger partial charge is 0.394 e. The van der Waals surface area contributed by atoms with Gasteiger partial charge in [0.15, 0.2) is 29.4 Å². The van der Waals surface area contributed by atoms with Gasteiger partial charge < -0.3 is 20.3 Å². The summed E-state index contributed by atoms with van der Waals surface area (Å²) in [6, 6.07) is 5.93. The summed E-state index contributed by atoms with van der Waals surface area (Å²) in [5.41, 5.74) is 1.34. The Morgan fingerprint density at radius 2 is 2.00 bits per heavy atom. The number of aliphatic hydroxyl groups is 2. The third kappa shape index (κ3) is 3.39. The highest BCUT2D eigenvalue weighted by molar-refractivity contribution is 6.28. The Balaban J connectivity index is 1.64. The van der Waals surface area contributed by atoms with Crippen molar-refractivity contribution in [2.45, 2.75) is 31.2 Å². The summed E-state index contributed by atoms with van der Waals surface area (Å²) in [5.74, 6) is -0.0265. The molecule has 0 saturated carbocycles. The van der Waals surface area contributed by atoms with Crippen molar-refractivity contribution in [3.63, 3.8) is 0 Å². The molecular weight excluding hydrogens is 396 g/mol. The summed E-state index contributed by atoms with van der Waals surface area (Å²) in [5, 5.41) is 22.0. The van der Waals surface area contributed by atoms with E-state index in [2.05, 4.69) is 20.3 Å². The highest BCUT2D eigenvalue weighted by Gasteiger charge is 2.45. The van der Waals surface area contributed by atoms with Crippen molar-refractivity contribution in [2.24, 2.45) is 0 Å². The first-order valence-corrected chi connectivity index (χ1v) is 8.82. The summed E-state index contributed by atoms with van der Waals surface area (Å²) in [7, 11) is 0. The molecule has 1 saturated heterocycles. The number of halogens is 3. The van der Waals surface area contributed by atoms with Gasteiger partial charge in [-0.15, -0.1) is 0 Å². The van der Waals surface area contributed by atoms with Gasteiger partial charge in [-0.05, 0) is 29.3 Å². The zero-order valence-corrected chi connectivity index (χ0v) is 15.1. The van der Waals surface area contributed by atoms with Crippen LogP contribution in [0.15, 0.2) is 30.6 Å². The smallest absolute Gasteiger partial charge is 0.226 e. The van der Waals surface area contributed by atoms with Crippen molar-refractivity contribution < 1.29 is 23.7 Å². The maximum absolute atomic E-state index is 14.5. The third-order valence-electron chi connectivity index (χ3n) is 4.52. The van der Waals surface area contributed by atoms with E-state index < -0.39 is 31.2 Å². The van der Waals surface area contributed by atoms with Gasteiger partial charge in [0, 0.05) is 6.54 Å². The predicted octanol–water partition coefficient (Wildman–Crippen LogP) is 1.82. The molecule has 2 aromatic heterocycles. The molecular formula is C17H16ClF2N5O3. The number of hydrogen-bond donors (Lipinski definition) is 3. The second kappa shape index (κ2) is 7.55. The van der Waals surface area contributed by atoms with Crippen LogP contribution in [0.25, 0.3) is 11.2 Å². The predicted molar refractivity (Wildman–Crippen MR) is 96.0 cm³/mol. The molecule has 8 nitrogen and oxygen atoms in total. The zero-order chi connectivity index (χ0) is 19.8. The van der Waals surface area contributed by atoms with Crippen LogP contribution in [0, 0.1) is 5.82 Å². The van der Waals surface area contributed by atoms with E-state index in [1.807, 2.05) is 0 Å². The number of nitrogens with zero attached hydrogens (tertiary/aromatic N) is 4. The second-order valence-electron chi connectivity index (χ2n) is 6.33. The van der Waals surface area contributed by atoms with Crippen LogP contribution in [-0.2, 0) is 11.3 Å². The normalized spacial score (nSPS) is 24.8.